The largest absolute Gasteiger partial charge is 0.490 e. The van der Waals surface area contributed by atoms with E-state index in [4.69, 9.17) is 9.84 Å². The highest BCUT2D eigenvalue weighted by molar-refractivity contribution is 6.09. The van der Waals surface area contributed by atoms with Crippen molar-refractivity contribution in [3.8, 4) is 5.75 Å². The van der Waals surface area contributed by atoms with Gasteiger partial charge in [0.2, 0.25) is 0 Å². The third-order valence-corrected chi connectivity index (χ3v) is 3.30. The maximum Gasteiger partial charge on any atom is 0.335 e. The summed E-state index contributed by atoms with van der Waals surface area (Å²) in [6, 6.07) is 6.12. The summed E-state index contributed by atoms with van der Waals surface area (Å²) >= 11 is 0. The Labute approximate surface area is 140 Å². The van der Waals surface area contributed by atoms with Gasteiger partial charge in [0.15, 0.2) is 5.78 Å². The number of carbonyl (C=O) groups excluding carboxylic acids is 1. The van der Waals surface area contributed by atoms with Gasteiger partial charge in [-0.15, -0.1) is 0 Å². The highest BCUT2D eigenvalue weighted by Gasteiger charge is 2.15. The molecule has 0 atom stereocenters. The summed E-state index contributed by atoms with van der Waals surface area (Å²) < 4.78 is 7.28. The van der Waals surface area contributed by atoms with Gasteiger partial charge in [-0.1, -0.05) is 0 Å². The molecule has 0 bridgehead atoms. The predicted molar refractivity (Wildman–Crippen MR) is 90.5 cm³/mol. The number of aromatic nitrogens is 2. The van der Waals surface area contributed by atoms with Crippen molar-refractivity contribution in [2.75, 3.05) is 0 Å². The number of carboxylic acid groups (broad SMARTS) is 1. The number of carbonyl (C=O) groups is 2. The number of nitrogens with zero attached hydrogens (tertiary/aromatic N) is 2. The second kappa shape index (κ2) is 7.12. The fourth-order valence-corrected chi connectivity index (χ4v) is 2.25. The number of aromatic carboxylic acids is 1. The van der Waals surface area contributed by atoms with Gasteiger partial charge in [0, 0.05) is 7.05 Å². The van der Waals surface area contributed by atoms with Crippen LogP contribution >= 0.6 is 0 Å². The zero-order valence-corrected chi connectivity index (χ0v) is 14.1. The summed E-state index contributed by atoms with van der Waals surface area (Å²) in [5, 5.41) is 13.3. The molecule has 0 amide bonds. The normalized spacial score (nSPS) is 11.2. The SMILES string of the molecule is Cc1cc(C=CC(=O)c2cc(C(=O)O)ccc2OC(C)C)n(C)n1. The average Bonchev–Trinajstić information content (AvgIpc) is 2.82. The van der Waals surface area contributed by atoms with Crippen molar-refractivity contribution in [2.45, 2.75) is 26.9 Å². The van der Waals surface area contributed by atoms with Crippen molar-refractivity contribution in [3.05, 3.63) is 52.9 Å². The van der Waals surface area contributed by atoms with E-state index in [1.807, 2.05) is 26.8 Å². The molecule has 24 heavy (non-hydrogen) atoms. The van der Waals surface area contributed by atoms with Gasteiger partial charge in [-0.3, -0.25) is 9.48 Å². The van der Waals surface area contributed by atoms with E-state index in [1.54, 1.807) is 17.8 Å². The quantitative estimate of drug-likeness (QED) is 0.651. The second-order valence-corrected chi connectivity index (χ2v) is 5.71. The molecular weight excluding hydrogens is 308 g/mol. The van der Waals surface area contributed by atoms with Crippen molar-refractivity contribution in [1.82, 2.24) is 9.78 Å². The smallest absolute Gasteiger partial charge is 0.335 e. The molecule has 0 unspecified atom stereocenters. The first-order chi connectivity index (χ1) is 11.3. The Morgan fingerprint density at radius 3 is 2.54 bits per heavy atom. The van der Waals surface area contributed by atoms with Crippen molar-refractivity contribution >= 4 is 17.8 Å². The number of ether oxygens (including phenoxy) is 1. The molecule has 0 radical (unpaired) electrons. The molecule has 2 aromatic rings. The molecule has 0 fully saturated rings. The van der Waals surface area contributed by atoms with Crippen LogP contribution in [0.3, 0.4) is 0 Å². The summed E-state index contributed by atoms with van der Waals surface area (Å²) in [7, 11) is 1.79. The predicted octanol–water partition coefficient (Wildman–Crippen LogP) is 3.11. The lowest BCUT2D eigenvalue weighted by atomic mass is 10.0. The number of allylic oxidation sites excluding steroid dienone is 1. The summed E-state index contributed by atoms with van der Waals surface area (Å²) in [6.07, 6.45) is 2.91. The molecule has 0 aliphatic rings. The minimum atomic E-state index is -1.09. The summed E-state index contributed by atoms with van der Waals surface area (Å²) in [5.74, 6) is -1.05. The zero-order chi connectivity index (χ0) is 17.9. The lowest BCUT2D eigenvalue weighted by molar-refractivity contribution is 0.0697. The van der Waals surface area contributed by atoms with E-state index in [0.29, 0.717) is 5.75 Å². The molecule has 0 saturated heterocycles. The van der Waals surface area contributed by atoms with Crippen molar-refractivity contribution < 1.29 is 19.4 Å². The molecule has 126 valence electrons. The number of rotatable bonds is 6. The summed E-state index contributed by atoms with van der Waals surface area (Å²) in [6.45, 7) is 5.55. The Morgan fingerprint density at radius 2 is 2.00 bits per heavy atom. The van der Waals surface area contributed by atoms with E-state index in [2.05, 4.69) is 5.10 Å². The van der Waals surface area contributed by atoms with Gasteiger partial charge in [0.1, 0.15) is 5.75 Å². The Balaban J connectivity index is 2.36. The fourth-order valence-electron chi connectivity index (χ4n) is 2.25. The zero-order valence-electron chi connectivity index (χ0n) is 14.1. The third kappa shape index (κ3) is 4.10. The minimum Gasteiger partial charge on any atom is -0.490 e. The number of hydrogen-bond acceptors (Lipinski definition) is 4. The van der Waals surface area contributed by atoms with Crippen LogP contribution in [-0.4, -0.2) is 32.7 Å². The van der Waals surface area contributed by atoms with E-state index >= 15 is 0 Å². The van der Waals surface area contributed by atoms with Crippen LogP contribution in [0.4, 0.5) is 0 Å². The molecule has 1 N–H and O–H groups in total. The fraction of sp³-hybridized carbons (Fsp3) is 0.278. The number of benzene rings is 1. The van der Waals surface area contributed by atoms with E-state index in [0.717, 1.165) is 11.4 Å². The number of hydrogen-bond donors (Lipinski definition) is 1. The molecule has 1 aromatic heterocycles. The molecule has 0 spiro atoms. The van der Waals surface area contributed by atoms with Crippen molar-refractivity contribution in [3.63, 3.8) is 0 Å². The molecular formula is C18H20N2O4. The van der Waals surface area contributed by atoms with Gasteiger partial charge < -0.3 is 9.84 Å². The van der Waals surface area contributed by atoms with Crippen molar-refractivity contribution in [2.24, 2.45) is 7.05 Å². The molecule has 1 heterocycles. The summed E-state index contributed by atoms with van der Waals surface area (Å²) in [4.78, 5) is 23.7. The van der Waals surface area contributed by atoms with Gasteiger partial charge in [0.05, 0.1) is 28.6 Å². The highest BCUT2D eigenvalue weighted by Crippen LogP contribution is 2.23. The molecule has 0 aliphatic heterocycles. The Hall–Kier alpha value is -2.89. The van der Waals surface area contributed by atoms with Gasteiger partial charge in [-0.2, -0.15) is 5.10 Å². The van der Waals surface area contributed by atoms with Crippen molar-refractivity contribution in [1.29, 1.82) is 0 Å². The van der Waals surface area contributed by atoms with Gasteiger partial charge >= 0.3 is 5.97 Å². The Kier molecular flexibility index (Phi) is 5.18. The first kappa shape index (κ1) is 17.5. The average molecular weight is 328 g/mol. The van der Waals surface area contributed by atoms with Crippen LogP contribution in [0.5, 0.6) is 5.75 Å². The molecule has 0 saturated carbocycles. The first-order valence-corrected chi connectivity index (χ1v) is 7.55. The van der Waals surface area contributed by atoms with Crippen LogP contribution < -0.4 is 4.74 Å². The highest BCUT2D eigenvalue weighted by atomic mass is 16.5. The van der Waals surface area contributed by atoms with Crippen LogP contribution in [0.25, 0.3) is 6.08 Å². The molecule has 6 heteroatoms. The van der Waals surface area contributed by atoms with Crippen LogP contribution in [0, 0.1) is 6.92 Å². The number of aryl methyl sites for hydroxylation is 2. The molecule has 6 nitrogen and oxygen atoms in total. The third-order valence-electron chi connectivity index (χ3n) is 3.30. The van der Waals surface area contributed by atoms with Crippen LogP contribution in [0.15, 0.2) is 30.3 Å². The van der Waals surface area contributed by atoms with Crippen LogP contribution in [0.1, 0.15) is 46.0 Å². The standard InChI is InChI=1S/C18H20N2O4/c1-11(2)24-17-8-5-13(18(22)23)10-15(17)16(21)7-6-14-9-12(3)19-20(14)4/h5-11H,1-4H3,(H,22,23). The van der Waals surface area contributed by atoms with E-state index in [1.165, 1.54) is 24.3 Å². The maximum atomic E-state index is 12.5. The maximum absolute atomic E-state index is 12.5. The van der Waals surface area contributed by atoms with E-state index in [-0.39, 0.29) is 23.0 Å². The van der Waals surface area contributed by atoms with Gasteiger partial charge in [-0.05, 0) is 57.2 Å². The second-order valence-electron chi connectivity index (χ2n) is 5.71. The molecule has 0 aliphatic carbocycles. The lowest BCUT2D eigenvalue weighted by Gasteiger charge is -2.13. The number of carboxylic acids is 1. The monoisotopic (exact) mass is 328 g/mol. The first-order valence-electron chi connectivity index (χ1n) is 7.55. The summed E-state index contributed by atoms with van der Waals surface area (Å²) in [5.41, 5.74) is 1.89. The lowest BCUT2D eigenvalue weighted by Crippen LogP contribution is -2.10. The van der Waals surface area contributed by atoms with Gasteiger partial charge in [0.25, 0.3) is 0 Å². The topological polar surface area (TPSA) is 81.4 Å². The van der Waals surface area contributed by atoms with Gasteiger partial charge in [-0.25, -0.2) is 4.79 Å². The number of ketones is 1. The Morgan fingerprint density at radius 1 is 1.29 bits per heavy atom. The van der Waals surface area contributed by atoms with Crippen LogP contribution in [-0.2, 0) is 7.05 Å². The van der Waals surface area contributed by atoms with E-state index in [9.17, 15) is 9.59 Å². The molecule has 2 rings (SSSR count). The van der Waals surface area contributed by atoms with E-state index < -0.39 is 5.97 Å². The van der Waals surface area contributed by atoms with Crippen LogP contribution in [0.2, 0.25) is 0 Å². The Bertz CT molecular complexity index is 803. The molecule has 1 aromatic carbocycles. The minimum absolute atomic E-state index is 0.0410.